The van der Waals surface area contributed by atoms with Crippen molar-refractivity contribution in [1.82, 2.24) is 0 Å². The lowest BCUT2D eigenvalue weighted by molar-refractivity contribution is -0.384. The monoisotopic (exact) mass is 454 g/mol. The van der Waals surface area contributed by atoms with Gasteiger partial charge in [-0.3, -0.25) is 19.7 Å². The van der Waals surface area contributed by atoms with Crippen LogP contribution in [0.5, 0.6) is 5.75 Å². The van der Waals surface area contributed by atoms with E-state index in [-0.39, 0.29) is 44.8 Å². The maximum atomic E-state index is 13.4. The summed E-state index contributed by atoms with van der Waals surface area (Å²) in [6.45, 7) is 0. The van der Waals surface area contributed by atoms with Crippen LogP contribution in [-0.4, -0.2) is 32.9 Å². The third kappa shape index (κ3) is 3.06. The minimum atomic E-state index is -1.14. The van der Waals surface area contributed by atoms with E-state index in [9.17, 15) is 29.6 Å². The molecule has 1 aliphatic rings. The first-order chi connectivity index (χ1) is 16.3. The lowest BCUT2D eigenvalue weighted by Gasteiger charge is -2.28. The molecule has 2 N–H and O–H groups in total. The number of rotatable bonds is 4. The third-order valence-electron chi connectivity index (χ3n) is 5.71. The first-order valence-corrected chi connectivity index (χ1v) is 10.0. The van der Waals surface area contributed by atoms with Gasteiger partial charge in [0, 0.05) is 23.1 Å². The Morgan fingerprint density at radius 3 is 2.21 bits per heavy atom. The van der Waals surface area contributed by atoms with Crippen LogP contribution in [0.3, 0.4) is 0 Å². The Morgan fingerprint density at radius 2 is 1.56 bits per heavy atom. The second-order valence-electron chi connectivity index (χ2n) is 7.65. The Bertz CT molecular complexity index is 1560. The predicted octanol–water partition coefficient (Wildman–Crippen LogP) is 4.62. The zero-order valence-corrected chi connectivity index (χ0v) is 17.3. The highest BCUT2D eigenvalue weighted by atomic mass is 16.6. The Labute approximate surface area is 191 Å². The van der Waals surface area contributed by atoms with Crippen LogP contribution in [0, 0.1) is 10.1 Å². The fourth-order valence-corrected chi connectivity index (χ4v) is 4.24. The average Bonchev–Trinajstić information content (AvgIpc) is 2.82. The second-order valence-corrected chi connectivity index (χ2v) is 7.65. The number of carboxylic acids is 1. The Morgan fingerprint density at radius 1 is 0.882 bits per heavy atom. The lowest BCUT2D eigenvalue weighted by Crippen LogP contribution is -2.40. The average molecular weight is 454 g/mol. The summed E-state index contributed by atoms with van der Waals surface area (Å²) in [6.07, 6.45) is 0. The fourth-order valence-electron chi connectivity index (χ4n) is 4.24. The van der Waals surface area contributed by atoms with E-state index >= 15 is 0 Å². The largest absolute Gasteiger partial charge is 0.508 e. The minimum absolute atomic E-state index is 0.0150. The minimum Gasteiger partial charge on any atom is -0.508 e. The summed E-state index contributed by atoms with van der Waals surface area (Å²) >= 11 is 0. The van der Waals surface area contributed by atoms with Crippen LogP contribution in [-0.2, 0) is 0 Å². The summed E-state index contributed by atoms with van der Waals surface area (Å²) in [5.41, 5.74) is 0.487. The smallest absolute Gasteiger partial charge is 0.335 e. The van der Waals surface area contributed by atoms with Crippen molar-refractivity contribution in [2.75, 3.05) is 4.90 Å². The molecular weight excluding hydrogens is 440 g/mol. The number of nitro groups is 1. The highest BCUT2D eigenvalue weighted by molar-refractivity contribution is 6.37. The van der Waals surface area contributed by atoms with Gasteiger partial charge in [-0.25, -0.2) is 9.69 Å². The van der Waals surface area contributed by atoms with Gasteiger partial charge < -0.3 is 10.2 Å². The van der Waals surface area contributed by atoms with Gasteiger partial charge in [0.15, 0.2) is 0 Å². The molecule has 9 nitrogen and oxygen atoms in total. The normalized spacial score (nSPS) is 12.8. The number of nitro benzene ring substituents is 1. The number of hydrogen-bond donors (Lipinski definition) is 2. The van der Waals surface area contributed by atoms with E-state index in [0.717, 1.165) is 11.0 Å². The first-order valence-electron chi connectivity index (χ1n) is 10.0. The maximum Gasteiger partial charge on any atom is 0.335 e. The van der Waals surface area contributed by atoms with Crippen LogP contribution < -0.4 is 4.90 Å². The molecule has 4 aromatic rings. The number of carbonyl (C=O) groups excluding carboxylic acids is 2. The molecule has 4 aromatic carbocycles. The molecule has 5 rings (SSSR count). The number of imide groups is 1. The SMILES string of the molecule is O=C(O)c1ccc(-c2c([N+](=O)[O-])cc3c4c(cccc24)C(=O)N(c2cccc(O)c2)C3=O)cc1. The van der Waals surface area contributed by atoms with Gasteiger partial charge >= 0.3 is 5.97 Å². The van der Waals surface area contributed by atoms with Gasteiger partial charge in [0.25, 0.3) is 17.5 Å². The number of nitrogens with zero attached hydrogens (tertiary/aromatic N) is 2. The number of aromatic hydroxyl groups is 1. The van der Waals surface area contributed by atoms with Gasteiger partial charge in [0.2, 0.25) is 0 Å². The number of phenols is 1. The molecule has 0 radical (unpaired) electrons. The molecule has 166 valence electrons. The zero-order valence-electron chi connectivity index (χ0n) is 17.3. The standard InChI is InChI=1S/C25H14N2O7/c28-16-4-1-3-15(11-16)26-23(29)18-6-2-5-17-21(13-7-9-14(10-8-13)25(31)32)20(27(33)34)12-19(22(17)18)24(26)30/h1-12,28H,(H,31,32). The third-order valence-corrected chi connectivity index (χ3v) is 5.71. The Balaban J connectivity index is 1.80. The van der Waals surface area contributed by atoms with Crippen molar-refractivity contribution < 1.29 is 29.5 Å². The van der Waals surface area contributed by atoms with Gasteiger partial charge in [-0.1, -0.05) is 30.3 Å². The van der Waals surface area contributed by atoms with E-state index < -0.39 is 22.7 Å². The van der Waals surface area contributed by atoms with Crippen molar-refractivity contribution >= 4 is 39.9 Å². The van der Waals surface area contributed by atoms with Gasteiger partial charge in [-0.15, -0.1) is 0 Å². The van der Waals surface area contributed by atoms with Crippen molar-refractivity contribution in [3.05, 3.63) is 99.6 Å². The van der Waals surface area contributed by atoms with Crippen LogP contribution in [0.4, 0.5) is 11.4 Å². The van der Waals surface area contributed by atoms with Crippen LogP contribution in [0.15, 0.2) is 72.8 Å². The molecular formula is C25H14N2O7. The Kier molecular flexibility index (Phi) is 4.61. The summed E-state index contributed by atoms with van der Waals surface area (Å²) in [4.78, 5) is 50.2. The molecule has 1 aliphatic heterocycles. The van der Waals surface area contributed by atoms with Crippen molar-refractivity contribution in [2.24, 2.45) is 0 Å². The summed E-state index contributed by atoms with van der Waals surface area (Å²) in [7, 11) is 0. The number of hydrogen-bond acceptors (Lipinski definition) is 6. The van der Waals surface area contributed by atoms with Crippen LogP contribution in [0.2, 0.25) is 0 Å². The highest BCUT2D eigenvalue weighted by Crippen LogP contribution is 2.43. The summed E-state index contributed by atoms with van der Waals surface area (Å²) in [6, 6.07) is 17.0. The second kappa shape index (κ2) is 7.52. The molecule has 0 aliphatic carbocycles. The fraction of sp³-hybridized carbons (Fsp3) is 0. The molecule has 0 aromatic heterocycles. The van der Waals surface area contributed by atoms with Crippen molar-refractivity contribution in [2.45, 2.75) is 0 Å². The maximum absolute atomic E-state index is 13.4. The van der Waals surface area contributed by atoms with E-state index in [0.29, 0.717) is 10.9 Å². The number of carbonyl (C=O) groups is 3. The van der Waals surface area contributed by atoms with E-state index in [4.69, 9.17) is 5.11 Å². The summed E-state index contributed by atoms with van der Waals surface area (Å²) < 4.78 is 0. The van der Waals surface area contributed by atoms with Crippen LogP contribution in [0.1, 0.15) is 31.1 Å². The summed E-state index contributed by atoms with van der Waals surface area (Å²) in [5, 5.41) is 31.6. The molecule has 9 heteroatoms. The zero-order chi connectivity index (χ0) is 24.1. The van der Waals surface area contributed by atoms with E-state index in [1.807, 2.05) is 0 Å². The molecule has 0 unspecified atom stereocenters. The van der Waals surface area contributed by atoms with Crippen molar-refractivity contribution in [3.63, 3.8) is 0 Å². The number of carboxylic acid groups (broad SMARTS) is 1. The lowest BCUT2D eigenvalue weighted by atomic mass is 9.87. The van der Waals surface area contributed by atoms with Crippen molar-refractivity contribution in [1.29, 1.82) is 0 Å². The molecule has 0 atom stereocenters. The first kappa shape index (κ1) is 20.8. The number of amides is 2. The molecule has 2 amide bonds. The predicted molar refractivity (Wildman–Crippen MR) is 122 cm³/mol. The quantitative estimate of drug-likeness (QED) is 0.261. The van der Waals surface area contributed by atoms with Crippen LogP contribution >= 0.6 is 0 Å². The van der Waals surface area contributed by atoms with Gasteiger partial charge in [0.1, 0.15) is 5.75 Å². The molecule has 34 heavy (non-hydrogen) atoms. The molecule has 0 spiro atoms. The van der Waals surface area contributed by atoms with Gasteiger partial charge in [-0.05, 0) is 41.3 Å². The molecule has 0 fully saturated rings. The van der Waals surface area contributed by atoms with Gasteiger partial charge in [0.05, 0.1) is 27.3 Å². The molecule has 0 saturated carbocycles. The molecule has 0 bridgehead atoms. The number of phenolic OH excluding ortho intramolecular Hbond substituents is 1. The van der Waals surface area contributed by atoms with E-state index in [2.05, 4.69) is 0 Å². The topological polar surface area (TPSA) is 138 Å². The Hall–Kier alpha value is -5.05. The highest BCUT2D eigenvalue weighted by Gasteiger charge is 2.37. The van der Waals surface area contributed by atoms with E-state index in [1.54, 1.807) is 12.1 Å². The van der Waals surface area contributed by atoms with E-state index in [1.165, 1.54) is 54.6 Å². The van der Waals surface area contributed by atoms with Gasteiger partial charge in [-0.2, -0.15) is 0 Å². The van der Waals surface area contributed by atoms with Crippen LogP contribution in [0.25, 0.3) is 21.9 Å². The molecule has 0 saturated heterocycles. The number of benzene rings is 4. The number of anilines is 1. The number of aromatic carboxylic acids is 1. The summed E-state index contributed by atoms with van der Waals surface area (Å²) in [5.74, 6) is -2.67. The van der Waals surface area contributed by atoms with Crippen molar-refractivity contribution in [3.8, 4) is 16.9 Å². The molecule has 1 heterocycles.